The van der Waals surface area contributed by atoms with Gasteiger partial charge in [-0.1, -0.05) is 12.1 Å². The molecule has 0 atom stereocenters. The first-order valence-corrected chi connectivity index (χ1v) is 7.03. The Morgan fingerprint density at radius 3 is 2.44 bits per heavy atom. The second-order valence-corrected chi connectivity index (χ2v) is 4.70. The third kappa shape index (κ3) is 4.86. The van der Waals surface area contributed by atoms with Crippen molar-refractivity contribution in [3.63, 3.8) is 0 Å². The third-order valence-electron chi connectivity index (χ3n) is 3.05. The van der Waals surface area contributed by atoms with Crippen LogP contribution in [0, 0.1) is 10.1 Å². The summed E-state index contributed by atoms with van der Waals surface area (Å²) in [6.45, 7) is 0. The molecule has 0 aliphatic carbocycles. The predicted octanol–water partition coefficient (Wildman–Crippen LogP) is 1.69. The number of carbonyl (C=O) groups is 2. The first-order valence-electron chi connectivity index (χ1n) is 7.03. The molecule has 25 heavy (non-hydrogen) atoms. The molecule has 2 amide bonds. The highest BCUT2D eigenvalue weighted by molar-refractivity contribution is 6.39. The van der Waals surface area contributed by atoms with Crippen molar-refractivity contribution in [2.75, 3.05) is 12.4 Å². The van der Waals surface area contributed by atoms with Gasteiger partial charge in [0.1, 0.15) is 5.75 Å². The van der Waals surface area contributed by atoms with Crippen LogP contribution in [0.5, 0.6) is 5.75 Å². The van der Waals surface area contributed by atoms with Gasteiger partial charge < -0.3 is 10.1 Å². The third-order valence-corrected chi connectivity index (χ3v) is 3.05. The van der Waals surface area contributed by atoms with Gasteiger partial charge in [-0.3, -0.25) is 19.7 Å². The molecule has 0 fully saturated rings. The molecule has 9 heteroatoms. The molecule has 2 N–H and O–H groups in total. The fraction of sp³-hybridized carbons (Fsp3) is 0.0625. The first kappa shape index (κ1) is 17.6. The van der Waals surface area contributed by atoms with E-state index in [-0.39, 0.29) is 5.69 Å². The normalized spacial score (nSPS) is 10.3. The molecule has 0 heterocycles. The molecule has 128 valence electrons. The smallest absolute Gasteiger partial charge is 0.329 e. The van der Waals surface area contributed by atoms with Crippen LogP contribution in [0.2, 0.25) is 0 Å². The lowest BCUT2D eigenvalue weighted by molar-refractivity contribution is -0.384. The molecule has 0 radical (unpaired) electrons. The number of nitrogens with zero attached hydrogens (tertiary/aromatic N) is 2. The van der Waals surface area contributed by atoms with Crippen LogP contribution >= 0.6 is 0 Å². The number of nitro benzene ring substituents is 1. The van der Waals surface area contributed by atoms with Gasteiger partial charge in [-0.25, -0.2) is 5.43 Å². The summed E-state index contributed by atoms with van der Waals surface area (Å²) in [5, 5.41) is 16.6. The monoisotopic (exact) mass is 342 g/mol. The van der Waals surface area contributed by atoms with Crippen LogP contribution in [0.15, 0.2) is 53.6 Å². The molecular weight excluding hydrogens is 328 g/mol. The lowest BCUT2D eigenvalue weighted by Gasteiger charge is -2.08. The summed E-state index contributed by atoms with van der Waals surface area (Å²) in [6, 6.07) is 12.2. The number of non-ortho nitro benzene ring substituents is 1. The quantitative estimate of drug-likeness (QED) is 0.370. The number of anilines is 1. The maximum absolute atomic E-state index is 11.8. The van der Waals surface area contributed by atoms with Crippen LogP contribution in [0.3, 0.4) is 0 Å². The number of benzene rings is 2. The number of ether oxygens (including phenoxy) is 1. The molecule has 0 spiro atoms. The molecule has 0 aliphatic rings. The Morgan fingerprint density at radius 2 is 1.80 bits per heavy atom. The number of nitrogens with one attached hydrogen (secondary N) is 2. The molecule has 0 aromatic heterocycles. The summed E-state index contributed by atoms with van der Waals surface area (Å²) in [7, 11) is 1.44. The van der Waals surface area contributed by atoms with E-state index in [4.69, 9.17) is 4.74 Å². The zero-order chi connectivity index (χ0) is 18.2. The molecule has 0 saturated heterocycles. The van der Waals surface area contributed by atoms with E-state index in [0.717, 1.165) is 0 Å². The van der Waals surface area contributed by atoms with Crippen LogP contribution < -0.4 is 15.5 Å². The highest BCUT2D eigenvalue weighted by Gasteiger charge is 2.14. The maximum Gasteiger partial charge on any atom is 0.329 e. The van der Waals surface area contributed by atoms with Gasteiger partial charge in [0.25, 0.3) is 5.69 Å². The van der Waals surface area contributed by atoms with Gasteiger partial charge in [0.15, 0.2) is 0 Å². The number of rotatable bonds is 5. The second-order valence-electron chi connectivity index (χ2n) is 4.70. The lowest BCUT2D eigenvalue weighted by Crippen LogP contribution is -2.32. The minimum Gasteiger partial charge on any atom is -0.495 e. The fourth-order valence-corrected chi connectivity index (χ4v) is 1.83. The summed E-state index contributed by atoms with van der Waals surface area (Å²) in [5.74, 6) is -1.47. The highest BCUT2D eigenvalue weighted by atomic mass is 16.6. The summed E-state index contributed by atoms with van der Waals surface area (Å²) < 4.78 is 5.07. The summed E-state index contributed by atoms with van der Waals surface area (Å²) in [6.07, 6.45) is 1.26. The number of carbonyl (C=O) groups excluding carboxylic acids is 2. The van der Waals surface area contributed by atoms with Crippen LogP contribution in [-0.4, -0.2) is 30.1 Å². The van der Waals surface area contributed by atoms with Gasteiger partial charge >= 0.3 is 11.8 Å². The minimum atomic E-state index is -0.968. The minimum absolute atomic E-state index is 0.0580. The Hall–Kier alpha value is -3.75. The van der Waals surface area contributed by atoms with Gasteiger partial charge in [-0.05, 0) is 29.8 Å². The van der Waals surface area contributed by atoms with Crippen molar-refractivity contribution in [1.29, 1.82) is 0 Å². The van der Waals surface area contributed by atoms with Crippen molar-refractivity contribution in [2.45, 2.75) is 0 Å². The number of para-hydroxylation sites is 2. The SMILES string of the molecule is COc1ccccc1NC(=O)C(=O)N/N=C/c1ccc([N+](=O)[O-])cc1. The Balaban J connectivity index is 1.92. The number of nitro groups is 1. The van der Waals surface area contributed by atoms with E-state index in [1.807, 2.05) is 0 Å². The molecule has 2 rings (SSSR count). The zero-order valence-corrected chi connectivity index (χ0v) is 13.1. The van der Waals surface area contributed by atoms with Crippen molar-refractivity contribution in [3.8, 4) is 5.75 Å². The van der Waals surface area contributed by atoms with Gasteiger partial charge in [0, 0.05) is 12.1 Å². The van der Waals surface area contributed by atoms with Crippen molar-refractivity contribution in [1.82, 2.24) is 5.43 Å². The van der Waals surface area contributed by atoms with Crippen LogP contribution in [0.4, 0.5) is 11.4 Å². The second kappa shape index (κ2) is 8.20. The summed E-state index contributed by atoms with van der Waals surface area (Å²) in [4.78, 5) is 33.6. The van der Waals surface area contributed by atoms with E-state index in [1.54, 1.807) is 24.3 Å². The van der Waals surface area contributed by atoms with Gasteiger partial charge in [-0.15, -0.1) is 0 Å². The standard InChI is InChI=1S/C16H14N4O5/c1-25-14-5-3-2-4-13(14)18-15(21)16(22)19-17-10-11-6-8-12(9-7-11)20(23)24/h2-10H,1H3,(H,18,21)(H,19,22)/b17-10+. The lowest BCUT2D eigenvalue weighted by atomic mass is 10.2. The van der Waals surface area contributed by atoms with Crippen molar-refractivity contribution >= 4 is 29.4 Å². The highest BCUT2D eigenvalue weighted by Crippen LogP contribution is 2.22. The molecule has 0 bridgehead atoms. The first-order chi connectivity index (χ1) is 12.0. The molecule has 0 aliphatic heterocycles. The largest absolute Gasteiger partial charge is 0.495 e. The Morgan fingerprint density at radius 1 is 1.12 bits per heavy atom. The number of methoxy groups -OCH3 is 1. The van der Waals surface area contributed by atoms with Gasteiger partial charge in [0.05, 0.1) is 23.9 Å². The van der Waals surface area contributed by atoms with Crippen molar-refractivity contribution in [2.24, 2.45) is 5.10 Å². The van der Waals surface area contributed by atoms with E-state index < -0.39 is 16.7 Å². The molecule has 0 unspecified atom stereocenters. The van der Waals surface area contributed by atoms with E-state index >= 15 is 0 Å². The summed E-state index contributed by atoms with van der Waals surface area (Å²) >= 11 is 0. The number of hydrogen-bond donors (Lipinski definition) is 2. The predicted molar refractivity (Wildman–Crippen MR) is 90.5 cm³/mol. The van der Waals surface area contributed by atoms with E-state index in [9.17, 15) is 19.7 Å². The molecule has 2 aromatic rings. The zero-order valence-electron chi connectivity index (χ0n) is 13.1. The molecule has 2 aromatic carbocycles. The number of amides is 2. The Kier molecular flexibility index (Phi) is 5.77. The van der Waals surface area contributed by atoms with E-state index in [2.05, 4.69) is 15.8 Å². The topological polar surface area (TPSA) is 123 Å². The maximum atomic E-state index is 11.8. The van der Waals surface area contributed by atoms with Crippen molar-refractivity contribution < 1.29 is 19.2 Å². The molecule has 9 nitrogen and oxygen atoms in total. The van der Waals surface area contributed by atoms with Crippen LogP contribution in [0.1, 0.15) is 5.56 Å². The van der Waals surface area contributed by atoms with Crippen molar-refractivity contribution in [3.05, 3.63) is 64.2 Å². The number of hydrogen-bond acceptors (Lipinski definition) is 6. The summed E-state index contributed by atoms with van der Waals surface area (Å²) in [5.41, 5.74) is 2.89. The molecular formula is C16H14N4O5. The Labute approximate surface area is 142 Å². The fourth-order valence-electron chi connectivity index (χ4n) is 1.83. The van der Waals surface area contributed by atoms with E-state index in [1.165, 1.54) is 37.6 Å². The molecule has 0 saturated carbocycles. The average molecular weight is 342 g/mol. The Bertz CT molecular complexity index is 818. The average Bonchev–Trinajstić information content (AvgIpc) is 2.62. The number of hydrazone groups is 1. The van der Waals surface area contributed by atoms with Crippen LogP contribution in [0.25, 0.3) is 0 Å². The van der Waals surface area contributed by atoms with Gasteiger partial charge in [-0.2, -0.15) is 5.10 Å². The van der Waals surface area contributed by atoms with Gasteiger partial charge in [0.2, 0.25) is 0 Å². The van der Waals surface area contributed by atoms with E-state index in [0.29, 0.717) is 17.0 Å². The van der Waals surface area contributed by atoms with Crippen LogP contribution in [-0.2, 0) is 9.59 Å².